The van der Waals surface area contributed by atoms with Gasteiger partial charge in [0.05, 0.1) is 5.69 Å². The molecule has 0 aliphatic carbocycles. The van der Waals surface area contributed by atoms with Crippen LogP contribution < -0.4 is 20.9 Å². The molecule has 1 atom stereocenters. The zero-order valence-corrected chi connectivity index (χ0v) is 19.4. The number of pyridine rings is 1. The van der Waals surface area contributed by atoms with Crippen LogP contribution in [0.2, 0.25) is 0 Å². The number of aromatic nitrogens is 4. The van der Waals surface area contributed by atoms with E-state index in [1.54, 1.807) is 13.1 Å². The van der Waals surface area contributed by atoms with Gasteiger partial charge in [-0.05, 0) is 37.8 Å². The Morgan fingerprint density at radius 1 is 1.26 bits per heavy atom. The molecule has 34 heavy (non-hydrogen) atoms. The topological polar surface area (TPSA) is 150 Å². The Balaban J connectivity index is 1.54. The van der Waals surface area contributed by atoms with Crippen molar-refractivity contribution >= 4 is 45.9 Å². The third-order valence-electron chi connectivity index (χ3n) is 6.05. The van der Waals surface area contributed by atoms with Crippen LogP contribution in [0.4, 0.5) is 22.7 Å². The van der Waals surface area contributed by atoms with Crippen LogP contribution in [0.25, 0.3) is 0 Å². The summed E-state index contributed by atoms with van der Waals surface area (Å²) in [6, 6.07) is 3.50. The van der Waals surface area contributed by atoms with E-state index < -0.39 is 12.0 Å². The third-order valence-corrected chi connectivity index (χ3v) is 7.11. The summed E-state index contributed by atoms with van der Waals surface area (Å²) in [5.41, 5.74) is 8.15. The fourth-order valence-corrected chi connectivity index (χ4v) is 5.32. The van der Waals surface area contributed by atoms with E-state index in [1.807, 2.05) is 23.2 Å². The minimum Gasteiger partial charge on any atom is -0.477 e. The van der Waals surface area contributed by atoms with Crippen LogP contribution in [0.5, 0.6) is 0 Å². The van der Waals surface area contributed by atoms with Crippen molar-refractivity contribution in [3.63, 3.8) is 0 Å². The summed E-state index contributed by atoms with van der Waals surface area (Å²) in [5, 5.41) is 12.8. The van der Waals surface area contributed by atoms with Gasteiger partial charge >= 0.3 is 5.97 Å². The average Bonchev–Trinajstić information content (AvgIpc) is 3.53. The highest BCUT2D eigenvalue weighted by molar-refractivity contribution is 7.17. The summed E-state index contributed by atoms with van der Waals surface area (Å²) in [4.78, 5) is 45.9. The molecule has 0 bridgehead atoms. The molecule has 0 unspecified atom stereocenters. The smallest absolute Gasteiger partial charge is 0.347 e. The minimum atomic E-state index is -1.03. The van der Waals surface area contributed by atoms with Crippen LogP contribution >= 0.6 is 11.3 Å². The largest absolute Gasteiger partial charge is 0.477 e. The number of carboxylic acids is 1. The Morgan fingerprint density at radius 3 is 2.79 bits per heavy atom. The van der Waals surface area contributed by atoms with Gasteiger partial charge in [-0.15, -0.1) is 0 Å². The lowest BCUT2D eigenvalue weighted by Gasteiger charge is -2.26. The highest BCUT2D eigenvalue weighted by atomic mass is 32.1. The number of nitrogens with one attached hydrogen (secondary N) is 1. The van der Waals surface area contributed by atoms with E-state index in [-0.39, 0.29) is 10.8 Å². The molecule has 4 N–H and O–H groups in total. The molecular weight excluding hydrogens is 456 g/mol. The second-order valence-corrected chi connectivity index (χ2v) is 9.32. The van der Waals surface area contributed by atoms with Gasteiger partial charge in [-0.2, -0.15) is 9.97 Å². The zero-order chi connectivity index (χ0) is 23.8. The van der Waals surface area contributed by atoms with E-state index in [4.69, 9.17) is 15.7 Å². The minimum absolute atomic E-state index is 0.162. The van der Waals surface area contributed by atoms with E-state index in [1.165, 1.54) is 0 Å². The molecule has 1 saturated heterocycles. The van der Waals surface area contributed by atoms with Crippen molar-refractivity contribution in [3.8, 4) is 0 Å². The molecule has 2 aliphatic heterocycles. The molecule has 0 aromatic carbocycles. The Kier molecular flexibility index (Phi) is 5.74. The number of carboxylic acid groups (broad SMARTS) is 1. The SMILES string of the molecule is Cc1nc(Nc2nc3c(c(N4CCC[C@H]4C(N)=O)n2)CCN3Cc2cccnc2)sc1C(=O)O. The lowest BCUT2D eigenvalue weighted by Crippen LogP contribution is -2.41. The fraction of sp³-hybridized carbons (Fsp3) is 0.364. The van der Waals surface area contributed by atoms with Gasteiger partial charge in [-0.1, -0.05) is 17.4 Å². The monoisotopic (exact) mass is 480 g/mol. The lowest BCUT2D eigenvalue weighted by atomic mass is 10.2. The number of anilines is 4. The van der Waals surface area contributed by atoms with E-state index in [0.717, 1.165) is 47.7 Å². The summed E-state index contributed by atoms with van der Waals surface area (Å²) in [7, 11) is 0. The molecule has 11 nitrogen and oxygen atoms in total. The van der Waals surface area contributed by atoms with Crippen molar-refractivity contribution in [1.29, 1.82) is 0 Å². The van der Waals surface area contributed by atoms with E-state index in [0.29, 0.717) is 42.1 Å². The van der Waals surface area contributed by atoms with E-state index >= 15 is 0 Å². The number of amides is 1. The van der Waals surface area contributed by atoms with Crippen molar-refractivity contribution in [1.82, 2.24) is 19.9 Å². The van der Waals surface area contributed by atoms with Gasteiger partial charge < -0.3 is 20.6 Å². The number of aryl methyl sites for hydroxylation is 1. The van der Waals surface area contributed by atoms with Gasteiger partial charge in [0.15, 0.2) is 5.13 Å². The first kappa shape index (κ1) is 22.0. The number of nitrogens with zero attached hydrogens (tertiary/aromatic N) is 6. The highest BCUT2D eigenvalue weighted by Gasteiger charge is 2.35. The Morgan fingerprint density at radius 2 is 2.09 bits per heavy atom. The Bertz CT molecular complexity index is 1250. The van der Waals surface area contributed by atoms with Gasteiger partial charge in [0.25, 0.3) is 0 Å². The molecule has 0 radical (unpaired) electrons. The molecule has 3 aromatic rings. The number of fused-ring (bicyclic) bond motifs is 1. The van der Waals surface area contributed by atoms with Crippen molar-refractivity contribution in [2.24, 2.45) is 5.73 Å². The second-order valence-electron chi connectivity index (χ2n) is 8.32. The van der Waals surface area contributed by atoms with Crippen LogP contribution in [0.15, 0.2) is 24.5 Å². The number of carbonyl (C=O) groups is 2. The maximum Gasteiger partial charge on any atom is 0.347 e. The number of thiazole rings is 1. The number of carbonyl (C=O) groups excluding carboxylic acids is 1. The molecule has 176 valence electrons. The number of hydrogen-bond donors (Lipinski definition) is 3. The maximum absolute atomic E-state index is 12.1. The predicted molar refractivity (Wildman–Crippen MR) is 128 cm³/mol. The van der Waals surface area contributed by atoms with Crippen LogP contribution in [0.1, 0.15) is 39.3 Å². The Hall–Kier alpha value is -3.80. The molecule has 1 amide bonds. The van der Waals surface area contributed by atoms with Crippen molar-refractivity contribution in [2.75, 3.05) is 28.2 Å². The van der Waals surface area contributed by atoms with Crippen LogP contribution in [0.3, 0.4) is 0 Å². The van der Waals surface area contributed by atoms with Crippen LogP contribution in [-0.2, 0) is 17.8 Å². The quantitative estimate of drug-likeness (QED) is 0.458. The summed E-state index contributed by atoms with van der Waals surface area (Å²) < 4.78 is 0. The first-order chi connectivity index (χ1) is 16.4. The van der Waals surface area contributed by atoms with Gasteiger partial charge in [0, 0.05) is 37.6 Å². The van der Waals surface area contributed by atoms with Crippen molar-refractivity contribution in [2.45, 2.75) is 38.8 Å². The number of hydrogen-bond acceptors (Lipinski definition) is 10. The molecule has 3 aromatic heterocycles. The van der Waals surface area contributed by atoms with Crippen LogP contribution in [-0.4, -0.2) is 56.1 Å². The van der Waals surface area contributed by atoms with Gasteiger partial charge in [0.2, 0.25) is 11.9 Å². The predicted octanol–water partition coefficient (Wildman–Crippen LogP) is 2.10. The second kappa shape index (κ2) is 8.86. The van der Waals surface area contributed by atoms with Gasteiger partial charge in [-0.3, -0.25) is 15.1 Å². The first-order valence-electron chi connectivity index (χ1n) is 11.0. The fourth-order valence-electron chi connectivity index (χ4n) is 4.52. The number of aromatic carboxylic acids is 1. The zero-order valence-electron chi connectivity index (χ0n) is 18.6. The number of rotatable bonds is 7. The maximum atomic E-state index is 12.1. The number of primary amides is 1. The molecule has 2 aliphatic rings. The first-order valence-corrected chi connectivity index (χ1v) is 11.8. The molecular formula is C22H24N8O3S. The van der Waals surface area contributed by atoms with Gasteiger partial charge in [0.1, 0.15) is 22.6 Å². The van der Waals surface area contributed by atoms with Crippen molar-refractivity contribution in [3.05, 3.63) is 46.2 Å². The Labute approximate surface area is 199 Å². The molecule has 0 saturated carbocycles. The van der Waals surface area contributed by atoms with Crippen LogP contribution in [0, 0.1) is 6.92 Å². The molecule has 12 heteroatoms. The van der Waals surface area contributed by atoms with Gasteiger partial charge in [-0.25, -0.2) is 9.78 Å². The van der Waals surface area contributed by atoms with Crippen molar-refractivity contribution < 1.29 is 14.7 Å². The molecule has 1 fully saturated rings. The molecule has 5 heterocycles. The normalized spacial score (nSPS) is 17.1. The van der Waals surface area contributed by atoms with E-state index in [9.17, 15) is 14.7 Å². The van der Waals surface area contributed by atoms with E-state index in [2.05, 4.69) is 20.2 Å². The lowest BCUT2D eigenvalue weighted by molar-refractivity contribution is -0.119. The highest BCUT2D eigenvalue weighted by Crippen LogP contribution is 2.38. The summed E-state index contributed by atoms with van der Waals surface area (Å²) in [6.45, 7) is 3.72. The average molecular weight is 481 g/mol. The standard InChI is InChI=1S/C22H24N8O3S/c1-12-16(20(32)33)34-22(25-12)28-21-26-18-14(6-9-29(18)11-13-4-2-7-24-10-13)19(27-21)30-8-3-5-15(30)17(23)31/h2,4,7,10,15H,3,5-6,8-9,11H2,1H3,(H2,23,31)(H,32,33)(H,25,26,27,28)/t15-/m0/s1. The summed E-state index contributed by atoms with van der Waals surface area (Å²) in [5.74, 6) is 0.369. The number of nitrogens with two attached hydrogens (primary N) is 1. The summed E-state index contributed by atoms with van der Waals surface area (Å²) >= 11 is 1.03. The third kappa shape index (κ3) is 4.12. The molecule has 0 spiro atoms. The summed E-state index contributed by atoms with van der Waals surface area (Å²) in [6.07, 6.45) is 5.84. The molecule has 5 rings (SSSR count).